The highest BCUT2D eigenvalue weighted by Crippen LogP contribution is 2.69. The lowest BCUT2D eigenvalue weighted by Gasteiger charge is -2.35. The third-order valence-electron chi connectivity index (χ3n) is 4.96. The summed E-state index contributed by atoms with van der Waals surface area (Å²) in [4.78, 5) is 2.29. The number of hydrogen-bond donors (Lipinski definition) is 0. The van der Waals surface area contributed by atoms with Crippen LogP contribution in [0.1, 0.15) is 0 Å². The van der Waals surface area contributed by atoms with E-state index in [9.17, 15) is 8.42 Å². The molecule has 0 aliphatic rings. The van der Waals surface area contributed by atoms with E-state index in [0.29, 0.717) is 17.2 Å². The first-order chi connectivity index (χ1) is 17.8. The van der Waals surface area contributed by atoms with Crippen molar-refractivity contribution in [1.82, 2.24) is 0 Å². The summed E-state index contributed by atoms with van der Waals surface area (Å²) in [7, 11) is -12.3. The first kappa shape index (κ1) is 31.5. The van der Waals surface area contributed by atoms with Crippen molar-refractivity contribution in [3.05, 3.63) is 72.8 Å². The largest absolute Gasteiger partial charge is 0.544 e. The van der Waals surface area contributed by atoms with E-state index in [1.54, 1.807) is 0 Å². The molecule has 0 saturated carbocycles. The third-order valence-corrected chi connectivity index (χ3v) is 12.3. The molecule has 0 spiro atoms. The van der Waals surface area contributed by atoms with E-state index in [4.69, 9.17) is 13.3 Å². The molecule has 0 amide bonds. The molecule has 0 aromatic heterocycles. The standard InChI is InChI=1S/C28H42O6S2Si3/c1-35(29,30)34-36(26-17-11-14-23(20-26)31-37(2,3)4,27-18-12-15-24(21-27)32-38(5,6)7)28-19-13-16-25(22-28)33-39(8,9)10/h11-22H,1-10H3/p+1. The topological polar surface area (TPSA) is 74.6 Å². The summed E-state index contributed by atoms with van der Waals surface area (Å²) < 4.78 is 49.9. The van der Waals surface area contributed by atoms with Crippen molar-refractivity contribution >= 4 is 45.4 Å². The Morgan fingerprint density at radius 2 is 0.821 bits per heavy atom. The third kappa shape index (κ3) is 9.26. The van der Waals surface area contributed by atoms with Crippen LogP contribution in [0.15, 0.2) is 87.5 Å². The summed E-state index contributed by atoms with van der Waals surface area (Å²) in [5.41, 5.74) is 0. The average molecular weight is 624 g/mol. The van der Waals surface area contributed by atoms with Crippen molar-refractivity contribution in [3.63, 3.8) is 0 Å². The van der Waals surface area contributed by atoms with Gasteiger partial charge in [-0.05, 0) is 114 Å². The van der Waals surface area contributed by atoms with Crippen LogP contribution in [0.4, 0.5) is 0 Å². The number of rotatable bonds is 11. The Kier molecular flexibility index (Phi) is 9.25. The molecule has 0 radical (unpaired) electrons. The highest BCUT2D eigenvalue weighted by Gasteiger charge is 2.43. The lowest BCUT2D eigenvalue weighted by molar-refractivity contribution is 0.392. The van der Waals surface area contributed by atoms with Crippen molar-refractivity contribution in [2.45, 2.75) is 73.6 Å². The van der Waals surface area contributed by atoms with Gasteiger partial charge in [0.15, 0.2) is 0 Å². The summed E-state index contributed by atoms with van der Waals surface area (Å²) in [5, 5.41) is 0. The van der Waals surface area contributed by atoms with Crippen LogP contribution in [0.25, 0.3) is 0 Å². The minimum absolute atomic E-state index is 0.705. The lowest BCUT2D eigenvalue weighted by Crippen LogP contribution is -2.29. The van der Waals surface area contributed by atoms with Gasteiger partial charge >= 0.3 is 10.1 Å². The monoisotopic (exact) mass is 623 g/mol. The fourth-order valence-corrected chi connectivity index (χ4v) is 11.6. The van der Waals surface area contributed by atoms with Crippen LogP contribution in [0.3, 0.4) is 0 Å². The van der Waals surface area contributed by atoms with Crippen molar-refractivity contribution in [2.24, 2.45) is 0 Å². The van der Waals surface area contributed by atoms with Gasteiger partial charge in [-0.3, -0.25) is 3.63 Å². The molecule has 0 unspecified atom stereocenters. The molecule has 6 nitrogen and oxygen atoms in total. The quantitative estimate of drug-likeness (QED) is 0.121. The fourth-order valence-electron chi connectivity index (χ4n) is 3.97. The van der Waals surface area contributed by atoms with Gasteiger partial charge < -0.3 is 13.3 Å². The van der Waals surface area contributed by atoms with Gasteiger partial charge in [0.2, 0.25) is 25.0 Å². The van der Waals surface area contributed by atoms with E-state index in [0.717, 1.165) is 20.9 Å². The summed E-state index contributed by atoms with van der Waals surface area (Å²) in [6.07, 6.45) is 1.15. The second-order valence-electron chi connectivity index (χ2n) is 12.5. The van der Waals surface area contributed by atoms with Gasteiger partial charge in [-0.2, -0.15) is 8.42 Å². The molecule has 214 valence electrons. The zero-order valence-corrected chi connectivity index (χ0v) is 29.4. The van der Waals surface area contributed by atoms with Gasteiger partial charge in [-0.15, -0.1) is 0 Å². The first-order valence-corrected chi connectivity index (χ1v) is 26.6. The van der Waals surface area contributed by atoms with Crippen molar-refractivity contribution in [3.8, 4) is 17.2 Å². The molecule has 0 atom stereocenters. The summed E-state index contributed by atoms with van der Waals surface area (Å²) >= 11 is 0. The Morgan fingerprint density at radius 1 is 0.538 bits per heavy atom. The van der Waals surface area contributed by atoms with Crippen molar-refractivity contribution in [1.29, 1.82) is 0 Å². The maximum atomic E-state index is 13.1. The van der Waals surface area contributed by atoms with E-state index in [-0.39, 0.29) is 0 Å². The van der Waals surface area contributed by atoms with Gasteiger partial charge in [0.25, 0.3) is 0 Å². The maximum absolute atomic E-state index is 13.1. The lowest BCUT2D eigenvalue weighted by atomic mass is 10.3. The summed E-state index contributed by atoms with van der Waals surface area (Å²) in [6.45, 7) is 19.1. The Bertz CT molecular complexity index is 1260. The van der Waals surface area contributed by atoms with E-state index in [2.05, 4.69) is 62.6 Å². The zero-order valence-electron chi connectivity index (χ0n) is 24.7. The molecule has 11 heteroatoms. The molecule has 3 rings (SSSR count). The van der Waals surface area contributed by atoms with Crippen molar-refractivity contribution < 1.29 is 25.3 Å². The number of benzene rings is 3. The molecular weight excluding hydrogens is 581 g/mol. The predicted octanol–water partition coefficient (Wildman–Crippen LogP) is 8.58. The maximum Gasteiger partial charge on any atom is 0.387 e. The minimum Gasteiger partial charge on any atom is -0.544 e. The van der Waals surface area contributed by atoms with Crippen molar-refractivity contribution in [2.75, 3.05) is 6.26 Å². The van der Waals surface area contributed by atoms with Crippen LogP contribution in [-0.2, 0) is 10.1 Å². The van der Waals surface area contributed by atoms with Gasteiger partial charge in [0, 0.05) is 0 Å². The molecule has 0 aliphatic carbocycles. The van der Waals surface area contributed by atoms with Gasteiger partial charge in [0.1, 0.15) is 23.5 Å². The van der Waals surface area contributed by atoms with Crippen LogP contribution in [0.5, 0.6) is 17.2 Å². The highest BCUT2D eigenvalue weighted by molar-refractivity contribution is 8.32. The smallest absolute Gasteiger partial charge is 0.387 e. The summed E-state index contributed by atoms with van der Waals surface area (Å²) in [6, 6.07) is 23.2. The van der Waals surface area contributed by atoms with Gasteiger partial charge in [-0.1, -0.05) is 18.2 Å². The van der Waals surface area contributed by atoms with Crippen LogP contribution >= 0.6 is 10.3 Å². The van der Waals surface area contributed by atoms with E-state index < -0.39 is 45.4 Å². The van der Waals surface area contributed by atoms with Gasteiger partial charge in [-0.25, -0.2) is 0 Å². The SMILES string of the molecule is C[Si](C)(C)Oc1cccc(S([OH+]S(C)(=O)=O)(c2cccc(O[Si](C)(C)C)c2)c2cccc(O[Si](C)(C)C)c2)c1. The Hall–Kier alpha value is -2.03. The molecular formula is C28H43O6S2Si3+. The van der Waals surface area contributed by atoms with E-state index in [1.165, 1.54) is 0 Å². The molecule has 0 heterocycles. The summed E-state index contributed by atoms with van der Waals surface area (Å²) in [5.74, 6) is 2.11. The molecule has 0 bridgehead atoms. The first-order valence-electron chi connectivity index (χ1n) is 12.9. The van der Waals surface area contributed by atoms with Crippen LogP contribution < -0.4 is 13.3 Å². The van der Waals surface area contributed by atoms with Crippen LogP contribution in [0, 0.1) is 0 Å². The van der Waals surface area contributed by atoms with Crippen LogP contribution in [0.2, 0.25) is 58.9 Å². The number of hydrogen-bond acceptors (Lipinski definition) is 5. The second-order valence-corrected chi connectivity index (χ2v) is 30.4. The highest BCUT2D eigenvalue weighted by atomic mass is 32.3. The molecule has 0 fully saturated rings. The normalized spacial score (nSPS) is 13.6. The van der Waals surface area contributed by atoms with E-state index in [1.807, 2.05) is 72.8 Å². The van der Waals surface area contributed by atoms with E-state index >= 15 is 0 Å². The molecule has 1 N–H and O–H groups in total. The molecule has 39 heavy (non-hydrogen) atoms. The van der Waals surface area contributed by atoms with Gasteiger partial charge in [0.05, 0.1) is 25.0 Å². The zero-order chi connectivity index (χ0) is 29.3. The molecule has 0 aliphatic heterocycles. The molecule has 0 saturated heterocycles. The Balaban J connectivity index is 2.40. The predicted molar refractivity (Wildman–Crippen MR) is 171 cm³/mol. The Labute approximate surface area is 239 Å². The molecule has 3 aromatic rings. The Morgan fingerprint density at radius 3 is 1.05 bits per heavy atom. The molecule has 3 aromatic carbocycles. The second kappa shape index (κ2) is 11.5. The average Bonchev–Trinajstić information content (AvgIpc) is 2.74. The fraction of sp³-hybridized carbons (Fsp3) is 0.357. The van der Waals surface area contributed by atoms with Crippen LogP contribution in [-0.4, -0.2) is 43.3 Å². The minimum atomic E-state index is -3.80.